The summed E-state index contributed by atoms with van der Waals surface area (Å²) in [7, 11) is 0. The van der Waals surface area contributed by atoms with Crippen molar-refractivity contribution in [3.63, 3.8) is 0 Å². The van der Waals surface area contributed by atoms with E-state index in [4.69, 9.17) is 0 Å². The van der Waals surface area contributed by atoms with Crippen LogP contribution in [0.5, 0.6) is 0 Å². The predicted octanol–water partition coefficient (Wildman–Crippen LogP) is 1.13. The topological polar surface area (TPSA) is 62.8 Å². The molecule has 1 heterocycles. The Morgan fingerprint density at radius 1 is 1.36 bits per heavy atom. The van der Waals surface area contributed by atoms with Crippen LogP contribution < -0.4 is 5.69 Å². The number of carbonyl (C=O) groups excluding carboxylic acids is 1. The van der Waals surface area contributed by atoms with Crippen molar-refractivity contribution in [1.82, 2.24) is 9.97 Å². The smallest absolute Gasteiger partial charge is 0.305 e. The highest BCUT2D eigenvalue weighted by molar-refractivity contribution is 6.03. The van der Waals surface area contributed by atoms with E-state index < -0.39 is 5.69 Å². The molecule has 14 heavy (non-hydrogen) atoms. The first-order valence-electron chi connectivity index (χ1n) is 4.18. The second kappa shape index (κ2) is 3.06. The average molecular weight is 188 g/mol. The van der Waals surface area contributed by atoms with E-state index in [0.717, 1.165) is 0 Å². The Morgan fingerprint density at radius 3 is 2.79 bits per heavy atom. The van der Waals surface area contributed by atoms with Crippen LogP contribution in [0.4, 0.5) is 0 Å². The first-order valence-corrected chi connectivity index (χ1v) is 4.18. The number of H-pyrrole nitrogens is 1. The molecule has 0 unspecified atom stereocenters. The minimum atomic E-state index is -0.492. The Labute approximate surface area is 79.6 Å². The molecule has 2 aromatic rings. The van der Waals surface area contributed by atoms with Crippen molar-refractivity contribution in [2.75, 3.05) is 0 Å². The fourth-order valence-electron chi connectivity index (χ4n) is 1.37. The van der Waals surface area contributed by atoms with E-state index in [2.05, 4.69) is 9.97 Å². The molecule has 0 spiro atoms. The predicted molar refractivity (Wildman–Crippen MR) is 52.4 cm³/mol. The third-order valence-corrected chi connectivity index (χ3v) is 1.97. The number of nitrogens with zero attached hydrogens (tertiary/aromatic N) is 1. The average Bonchev–Trinajstić information content (AvgIpc) is 2.16. The van der Waals surface area contributed by atoms with E-state index in [1.54, 1.807) is 24.3 Å². The van der Waals surface area contributed by atoms with E-state index in [1.807, 2.05) is 0 Å². The molecule has 0 saturated heterocycles. The van der Waals surface area contributed by atoms with Crippen LogP contribution >= 0.6 is 0 Å². The van der Waals surface area contributed by atoms with Crippen LogP contribution in [-0.2, 0) is 0 Å². The number of para-hydroxylation sites is 1. The van der Waals surface area contributed by atoms with Gasteiger partial charge in [0.05, 0.1) is 5.52 Å². The summed E-state index contributed by atoms with van der Waals surface area (Å²) in [5.74, 6) is -0.202. The van der Waals surface area contributed by atoms with Crippen LogP contribution in [0.3, 0.4) is 0 Å². The molecule has 70 valence electrons. The van der Waals surface area contributed by atoms with E-state index in [1.165, 1.54) is 6.92 Å². The fraction of sp³-hybridized carbons (Fsp3) is 0.100. The summed E-state index contributed by atoms with van der Waals surface area (Å²) < 4.78 is 0. The number of hydrogen-bond acceptors (Lipinski definition) is 3. The Kier molecular flexibility index (Phi) is 1.89. The third kappa shape index (κ3) is 1.31. The van der Waals surface area contributed by atoms with Crippen molar-refractivity contribution >= 4 is 16.7 Å². The Hall–Kier alpha value is -1.97. The summed E-state index contributed by atoms with van der Waals surface area (Å²) >= 11 is 0. The van der Waals surface area contributed by atoms with E-state index in [-0.39, 0.29) is 11.5 Å². The van der Waals surface area contributed by atoms with Gasteiger partial charge in [0.15, 0.2) is 5.78 Å². The lowest BCUT2D eigenvalue weighted by Crippen LogP contribution is -2.15. The molecule has 1 aromatic carbocycles. The van der Waals surface area contributed by atoms with Crippen molar-refractivity contribution < 1.29 is 4.79 Å². The molecule has 0 bridgehead atoms. The number of benzene rings is 1. The van der Waals surface area contributed by atoms with Gasteiger partial charge in [0.25, 0.3) is 0 Å². The van der Waals surface area contributed by atoms with Gasteiger partial charge in [0.1, 0.15) is 5.69 Å². The van der Waals surface area contributed by atoms with Crippen LogP contribution in [-0.4, -0.2) is 15.8 Å². The second-order valence-corrected chi connectivity index (χ2v) is 2.99. The highest BCUT2D eigenvalue weighted by atomic mass is 16.1. The number of nitrogens with one attached hydrogen (secondary N) is 1. The second-order valence-electron chi connectivity index (χ2n) is 2.99. The standard InChI is InChI=1S/C10H8N2O2/c1-6(13)9-7-4-2-3-5-8(7)11-10(14)12-9/h2-5H,1H3,(H,11,12,14). The molecule has 0 aliphatic carbocycles. The van der Waals surface area contributed by atoms with Crippen molar-refractivity contribution in [3.05, 3.63) is 40.4 Å². The molecule has 0 amide bonds. The molecular formula is C10H8N2O2. The zero-order valence-corrected chi connectivity index (χ0v) is 7.57. The molecule has 1 N–H and O–H groups in total. The highest BCUT2D eigenvalue weighted by Gasteiger charge is 2.07. The van der Waals surface area contributed by atoms with Crippen LogP contribution in [0, 0.1) is 0 Å². The maximum absolute atomic E-state index is 11.2. The van der Waals surface area contributed by atoms with Gasteiger partial charge in [-0.25, -0.2) is 4.79 Å². The normalized spacial score (nSPS) is 10.4. The van der Waals surface area contributed by atoms with Gasteiger partial charge in [0, 0.05) is 12.3 Å². The number of ketones is 1. The molecule has 0 aliphatic rings. The molecule has 4 nitrogen and oxygen atoms in total. The zero-order valence-electron chi connectivity index (χ0n) is 7.57. The molecule has 0 fully saturated rings. The Morgan fingerprint density at radius 2 is 2.07 bits per heavy atom. The van der Waals surface area contributed by atoms with Gasteiger partial charge in [0.2, 0.25) is 0 Å². The highest BCUT2D eigenvalue weighted by Crippen LogP contribution is 2.12. The van der Waals surface area contributed by atoms with Gasteiger partial charge in [-0.3, -0.25) is 4.79 Å². The Bertz CT molecular complexity index is 557. The number of hydrogen-bond donors (Lipinski definition) is 1. The van der Waals surface area contributed by atoms with Crippen molar-refractivity contribution in [3.8, 4) is 0 Å². The van der Waals surface area contributed by atoms with Gasteiger partial charge in [-0.05, 0) is 6.07 Å². The minimum absolute atomic E-state index is 0.202. The number of fused-ring (bicyclic) bond motifs is 1. The first kappa shape index (κ1) is 8.62. The van der Waals surface area contributed by atoms with Crippen LogP contribution in [0.1, 0.15) is 17.4 Å². The van der Waals surface area contributed by atoms with Crippen LogP contribution in [0.25, 0.3) is 10.9 Å². The quantitative estimate of drug-likeness (QED) is 0.682. The number of aromatic nitrogens is 2. The van der Waals surface area contributed by atoms with Crippen LogP contribution in [0.2, 0.25) is 0 Å². The fourth-order valence-corrected chi connectivity index (χ4v) is 1.37. The first-order chi connectivity index (χ1) is 6.68. The molecule has 4 heteroatoms. The van der Waals surface area contributed by atoms with Gasteiger partial charge >= 0.3 is 5.69 Å². The number of carbonyl (C=O) groups is 1. The van der Waals surface area contributed by atoms with E-state index in [9.17, 15) is 9.59 Å². The van der Waals surface area contributed by atoms with Crippen molar-refractivity contribution in [1.29, 1.82) is 0 Å². The molecule has 1 aromatic heterocycles. The lowest BCUT2D eigenvalue weighted by Gasteiger charge is -2.00. The molecule has 0 saturated carbocycles. The summed E-state index contributed by atoms with van der Waals surface area (Å²) in [5.41, 5.74) is 0.371. The van der Waals surface area contributed by atoms with Crippen molar-refractivity contribution in [2.24, 2.45) is 0 Å². The summed E-state index contributed by atoms with van der Waals surface area (Å²) in [5, 5.41) is 0.680. The van der Waals surface area contributed by atoms with Gasteiger partial charge in [-0.1, -0.05) is 18.2 Å². The Balaban J connectivity index is 2.94. The largest absolute Gasteiger partial charge is 0.346 e. The maximum Gasteiger partial charge on any atom is 0.346 e. The monoisotopic (exact) mass is 188 g/mol. The zero-order chi connectivity index (χ0) is 10.1. The maximum atomic E-state index is 11.2. The number of Topliss-reactive ketones (excluding diaryl/α,β-unsaturated/α-hetero) is 1. The summed E-state index contributed by atoms with van der Waals surface area (Å²) in [6.45, 7) is 1.40. The minimum Gasteiger partial charge on any atom is -0.305 e. The molecule has 0 radical (unpaired) electrons. The molecular weight excluding hydrogens is 180 g/mol. The summed E-state index contributed by atoms with van der Waals surface area (Å²) in [4.78, 5) is 28.5. The number of aromatic amines is 1. The van der Waals surface area contributed by atoms with Crippen LogP contribution in [0.15, 0.2) is 29.1 Å². The van der Waals surface area contributed by atoms with E-state index in [0.29, 0.717) is 10.9 Å². The van der Waals surface area contributed by atoms with E-state index >= 15 is 0 Å². The summed E-state index contributed by atoms with van der Waals surface area (Å²) in [6.07, 6.45) is 0. The van der Waals surface area contributed by atoms with Gasteiger partial charge < -0.3 is 4.98 Å². The summed E-state index contributed by atoms with van der Waals surface area (Å²) in [6, 6.07) is 7.09. The van der Waals surface area contributed by atoms with Crippen molar-refractivity contribution in [2.45, 2.75) is 6.92 Å². The third-order valence-electron chi connectivity index (χ3n) is 1.97. The van der Waals surface area contributed by atoms with Gasteiger partial charge in [-0.15, -0.1) is 0 Å². The molecule has 0 aliphatic heterocycles. The lowest BCUT2D eigenvalue weighted by molar-refractivity contribution is 0.101. The SMILES string of the molecule is CC(=O)c1nc(=O)[nH]c2ccccc12. The number of rotatable bonds is 1. The molecule has 2 rings (SSSR count). The molecule has 0 atom stereocenters. The van der Waals surface area contributed by atoms with Gasteiger partial charge in [-0.2, -0.15) is 4.98 Å². The lowest BCUT2D eigenvalue weighted by atomic mass is 10.1.